The van der Waals surface area contributed by atoms with Crippen molar-refractivity contribution in [3.05, 3.63) is 28.2 Å². The first kappa shape index (κ1) is 17.4. The summed E-state index contributed by atoms with van der Waals surface area (Å²) in [7, 11) is -3.67. The van der Waals surface area contributed by atoms with Crippen molar-refractivity contribution >= 4 is 44.3 Å². The molecular weight excluding hydrogens is 370 g/mol. The van der Waals surface area contributed by atoms with E-state index in [2.05, 4.69) is 20.7 Å². The number of nitrogens with one attached hydrogen (secondary N) is 1. The second-order valence-corrected chi connectivity index (χ2v) is 7.22. The van der Waals surface area contributed by atoms with Gasteiger partial charge < -0.3 is 11.5 Å². The van der Waals surface area contributed by atoms with Crippen molar-refractivity contribution in [2.75, 3.05) is 0 Å². The summed E-state index contributed by atoms with van der Waals surface area (Å²) in [5, 5.41) is 0. The van der Waals surface area contributed by atoms with Crippen LogP contribution in [0.5, 0.6) is 0 Å². The Morgan fingerprint density at radius 2 is 1.90 bits per heavy atom. The normalized spacial score (nSPS) is 21.7. The molecule has 1 aliphatic rings. The Balaban J connectivity index is 0.00000200. The molecule has 0 atom stereocenters. The number of benzene rings is 1. The topological polar surface area (TPSA) is 115 Å². The van der Waals surface area contributed by atoms with E-state index in [-0.39, 0.29) is 34.9 Å². The smallest absolute Gasteiger partial charge is 0.248 e. The molecule has 1 aliphatic carbocycles. The van der Waals surface area contributed by atoms with E-state index in [1.165, 1.54) is 18.2 Å². The molecule has 1 aromatic carbocycles. The Kier molecular flexibility index (Phi) is 5.56. The molecule has 112 valence electrons. The molecular formula is C11H15BrClN3O3S. The summed E-state index contributed by atoms with van der Waals surface area (Å²) in [5.41, 5.74) is 10.9. The minimum Gasteiger partial charge on any atom is -0.366 e. The molecule has 1 fully saturated rings. The van der Waals surface area contributed by atoms with E-state index < -0.39 is 15.9 Å². The molecule has 20 heavy (non-hydrogen) atoms. The zero-order chi connectivity index (χ0) is 14.2. The average molecular weight is 385 g/mol. The van der Waals surface area contributed by atoms with Gasteiger partial charge >= 0.3 is 0 Å². The monoisotopic (exact) mass is 383 g/mol. The summed E-state index contributed by atoms with van der Waals surface area (Å²) in [6, 6.07) is 4.06. The quantitative estimate of drug-likeness (QED) is 0.710. The zero-order valence-corrected chi connectivity index (χ0v) is 13.6. The zero-order valence-electron chi connectivity index (χ0n) is 10.4. The van der Waals surface area contributed by atoms with Crippen LogP contribution in [-0.2, 0) is 10.0 Å². The minimum atomic E-state index is -3.67. The van der Waals surface area contributed by atoms with Crippen LogP contribution in [0, 0.1) is 0 Å². The van der Waals surface area contributed by atoms with Crippen LogP contribution < -0.4 is 16.2 Å². The van der Waals surface area contributed by atoms with Crippen molar-refractivity contribution in [2.45, 2.75) is 29.8 Å². The maximum atomic E-state index is 12.1. The van der Waals surface area contributed by atoms with E-state index in [0.717, 1.165) is 0 Å². The fraction of sp³-hybridized carbons (Fsp3) is 0.364. The molecule has 9 heteroatoms. The van der Waals surface area contributed by atoms with E-state index >= 15 is 0 Å². The van der Waals surface area contributed by atoms with E-state index in [0.29, 0.717) is 17.3 Å². The van der Waals surface area contributed by atoms with Crippen molar-refractivity contribution in [3.8, 4) is 0 Å². The van der Waals surface area contributed by atoms with Gasteiger partial charge in [0.25, 0.3) is 0 Å². The summed E-state index contributed by atoms with van der Waals surface area (Å²) in [4.78, 5) is 11.1. The first-order chi connectivity index (χ1) is 8.78. The third-order valence-electron chi connectivity index (χ3n) is 2.96. The van der Waals surface area contributed by atoms with Gasteiger partial charge in [-0.15, -0.1) is 12.4 Å². The predicted octanol–water partition coefficient (Wildman–Crippen LogP) is 0.738. The van der Waals surface area contributed by atoms with Crippen LogP contribution in [0.2, 0.25) is 0 Å². The largest absolute Gasteiger partial charge is 0.366 e. The summed E-state index contributed by atoms with van der Waals surface area (Å²) >= 11 is 3.16. The number of nitrogens with two attached hydrogens (primary N) is 2. The van der Waals surface area contributed by atoms with Crippen LogP contribution in [0.15, 0.2) is 27.6 Å². The summed E-state index contributed by atoms with van der Waals surface area (Å²) in [6.45, 7) is 0. The number of carbonyl (C=O) groups is 1. The van der Waals surface area contributed by atoms with Crippen LogP contribution in [0.4, 0.5) is 0 Å². The Morgan fingerprint density at radius 3 is 2.40 bits per heavy atom. The van der Waals surface area contributed by atoms with Gasteiger partial charge in [-0.25, -0.2) is 13.1 Å². The Bertz CT molecular complexity index is 617. The van der Waals surface area contributed by atoms with Crippen molar-refractivity contribution in [1.29, 1.82) is 0 Å². The maximum Gasteiger partial charge on any atom is 0.248 e. The number of rotatable bonds is 4. The standard InChI is InChI=1S/C11H14BrN3O3S.ClH/c12-7-1-6(11(14)16)2-10(3-7)19(17,18)15-9-4-8(13)5-9;/h1-3,8-9,15H,4-5,13H2,(H2,14,16);1H. The van der Waals surface area contributed by atoms with E-state index in [4.69, 9.17) is 11.5 Å². The summed E-state index contributed by atoms with van der Waals surface area (Å²) in [6.07, 6.45) is 1.24. The molecule has 0 spiro atoms. The minimum absolute atomic E-state index is 0. The lowest BCUT2D eigenvalue weighted by Crippen LogP contribution is -2.50. The lowest BCUT2D eigenvalue weighted by Gasteiger charge is -2.32. The lowest BCUT2D eigenvalue weighted by atomic mass is 9.89. The van der Waals surface area contributed by atoms with Crippen LogP contribution >= 0.6 is 28.3 Å². The fourth-order valence-corrected chi connectivity index (χ4v) is 3.88. The van der Waals surface area contributed by atoms with Crippen LogP contribution in [-0.4, -0.2) is 26.4 Å². The van der Waals surface area contributed by atoms with Crippen LogP contribution in [0.25, 0.3) is 0 Å². The maximum absolute atomic E-state index is 12.1. The molecule has 1 amide bonds. The Labute approximate surface area is 131 Å². The highest BCUT2D eigenvalue weighted by atomic mass is 79.9. The second-order valence-electron chi connectivity index (χ2n) is 4.59. The van der Waals surface area contributed by atoms with E-state index in [1.807, 2.05) is 0 Å². The molecule has 2 rings (SSSR count). The molecule has 6 nitrogen and oxygen atoms in total. The van der Waals surface area contributed by atoms with Crippen molar-refractivity contribution < 1.29 is 13.2 Å². The number of carbonyl (C=O) groups excluding carboxylic acids is 1. The molecule has 0 aliphatic heterocycles. The first-order valence-electron chi connectivity index (χ1n) is 5.66. The lowest BCUT2D eigenvalue weighted by molar-refractivity contribution is 0.1000. The molecule has 0 saturated heterocycles. The number of primary amides is 1. The van der Waals surface area contributed by atoms with Gasteiger partial charge in [0.2, 0.25) is 15.9 Å². The molecule has 5 N–H and O–H groups in total. The Hall–Kier alpha value is -0.670. The number of halogens is 2. The van der Waals surface area contributed by atoms with Gasteiger partial charge in [0.15, 0.2) is 0 Å². The van der Waals surface area contributed by atoms with Gasteiger partial charge in [0.1, 0.15) is 0 Å². The van der Waals surface area contributed by atoms with Gasteiger partial charge in [-0.05, 0) is 31.0 Å². The number of sulfonamides is 1. The highest BCUT2D eigenvalue weighted by molar-refractivity contribution is 9.10. The molecule has 0 aromatic heterocycles. The third-order valence-corrected chi connectivity index (χ3v) is 4.92. The molecule has 0 heterocycles. The molecule has 1 aromatic rings. The van der Waals surface area contributed by atoms with Gasteiger partial charge in [-0.3, -0.25) is 4.79 Å². The number of hydrogen-bond donors (Lipinski definition) is 3. The second kappa shape index (κ2) is 6.40. The molecule has 0 unspecified atom stereocenters. The predicted molar refractivity (Wildman–Crippen MR) is 81.2 cm³/mol. The van der Waals surface area contributed by atoms with E-state index in [9.17, 15) is 13.2 Å². The third kappa shape index (κ3) is 3.92. The van der Waals surface area contributed by atoms with Crippen molar-refractivity contribution in [2.24, 2.45) is 11.5 Å². The molecule has 0 bridgehead atoms. The molecule has 0 radical (unpaired) electrons. The Morgan fingerprint density at radius 1 is 1.30 bits per heavy atom. The molecule has 1 saturated carbocycles. The average Bonchev–Trinajstić information content (AvgIpc) is 2.25. The van der Waals surface area contributed by atoms with Gasteiger partial charge in [0, 0.05) is 22.1 Å². The SMILES string of the molecule is Cl.NC(=O)c1cc(Br)cc(S(=O)(=O)NC2CC(N)C2)c1. The van der Waals surface area contributed by atoms with E-state index in [1.54, 1.807) is 0 Å². The summed E-state index contributed by atoms with van der Waals surface area (Å²) < 4.78 is 27.3. The highest BCUT2D eigenvalue weighted by Crippen LogP contribution is 2.23. The summed E-state index contributed by atoms with van der Waals surface area (Å²) in [5.74, 6) is -0.677. The first-order valence-corrected chi connectivity index (χ1v) is 7.94. The fourth-order valence-electron chi connectivity index (χ4n) is 1.91. The van der Waals surface area contributed by atoms with Crippen molar-refractivity contribution in [1.82, 2.24) is 4.72 Å². The van der Waals surface area contributed by atoms with Gasteiger partial charge in [0.05, 0.1) is 4.90 Å². The van der Waals surface area contributed by atoms with Gasteiger partial charge in [-0.1, -0.05) is 15.9 Å². The van der Waals surface area contributed by atoms with Crippen LogP contribution in [0.3, 0.4) is 0 Å². The van der Waals surface area contributed by atoms with Crippen LogP contribution in [0.1, 0.15) is 23.2 Å². The highest BCUT2D eigenvalue weighted by Gasteiger charge is 2.30. The van der Waals surface area contributed by atoms with Crippen molar-refractivity contribution in [3.63, 3.8) is 0 Å². The number of hydrogen-bond acceptors (Lipinski definition) is 4. The number of amides is 1. The van der Waals surface area contributed by atoms with Gasteiger partial charge in [-0.2, -0.15) is 0 Å².